The van der Waals surface area contributed by atoms with E-state index in [1.165, 1.54) is 0 Å². The Kier molecular flexibility index (Phi) is 2.78. The van der Waals surface area contributed by atoms with E-state index in [-0.39, 0.29) is 0 Å². The van der Waals surface area contributed by atoms with Crippen LogP contribution in [0.15, 0.2) is 12.1 Å². The molecule has 13 heavy (non-hydrogen) atoms. The molecule has 1 rings (SSSR count). The average molecular weight is 199 g/mol. The third-order valence-electron chi connectivity index (χ3n) is 1.75. The van der Waals surface area contributed by atoms with Gasteiger partial charge in [0.1, 0.15) is 0 Å². The lowest BCUT2D eigenvalue weighted by atomic mass is 10.1. The standard InChI is InChI=1S/C9H11ClN2O/c1-5-3-7(10)4-6(2)8(5)12-9(11)13/h3-4H,1-2H3,(H3,11,12,13). The van der Waals surface area contributed by atoms with Crippen LogP contribution in [0.1, 0.15) is 11.1 Å². The molecular weight excluding hydrogens is 188 g/mol. The number of halogens is 1. The van der Waals surface area contributed by atoms with Gasteiger partial charge in [0.2, 0.25) is 0 Å². The maximum absolute atomic E-state index is 10.6. The predicted molar refractivity (Wildman–Crippen MR) is 54.1 cm³/mol. The van der Waals surface area contributed by atoms with Crippen LogP contribution in [-0.2, 0) is 0 Å². The molecule has 0 aliphatic rings. The van der Waals surface area contributed by atoms with Crippen LogP contribution in [-0.4, -0.2) is 6.03 Å². The number of amides is 2. The fourth-order valence-electron chi connectivity index (χ4n) is 1.23. The largest absolute Gasteiger partial charge is 0.351 e. The molecule has 0 fully saturated rings. The average Bonchev–Trinajstić information content (AvgIpc) is 1.96. The molecule has 0 radical (unpaired) electrons. The van der Waals surface area contributed by atoms with Crippen LogP contribution in [0.5, 0.6) is 0 Å². The lowest BCUT2D eigenvalue weighted by Gasteiger charge is -2.09. The van der Waals surface area contributed by atoms with Gasteiger partial charge in [0.05, 0.1) is 0 Å². The van der Waals surface area contributed by atoms with E-state index in [1.807, 2.05) is 13.8 Å². The highest BCUT2D eigenvalue weighted by atomic mass is 35.5. The molecule has 0 saturated heterocycles. The monoisotopic (exact) mass is 198 g/mol. The number of nitrogens with two attached hydrogens (primary N) is 1. The zero-order valence-electron chi connectivity index (χ0n) is 7.52. The molecule has 0 aliphatic heterocycles. The Morgan fingerprint density at radius 3 is 2.23 bits per heavy atom. The number of primary amides is 1. The van der Waals surface area contributed by atoms with E-state index in [2.05, 4.69) is 5.32 Å². The Morgan fingerprint density at radius 1 is 1.38 bits per heavy atom. The second-order valence-electron chi connectivity index (χ2n) is 2.90. The number of hydrogen-bond donors (Lipinski definition) is 2. The molecule has 3 nitrogen and oxygen atoms in total. The van der Waals surface area contributed by atoms with Crippen LogP contribution in [0.2, 0.25) is 5.02 Å². The minimum absolute atomic E-state index is 0.562. The number of anilines is 1. The minimum atomic E-state index is -0.562. The number of carbonyl (C=O) groups is 1. The Hall–Kier alpha value is -1.22. The third-order valence-corrected chi connectivity index (χ3v) is 1.96. The smallest absolute Gasteiger partial charge is 0.316 e. The third kappa shape index (κ3) is 2.36. The van der Waals surface area contributed by atoms with Gasteiger partial charge in [0.25, 0.3) is 0 Å². The van der Waals surface area contributed by atoms with Crippen molar-refractivity contribution in [3.05, 3.63) is 28.3 Å². The van der Waals surface area contributed by atoms with E-state index in [9.17, 15) is 4.79 Å². The molecule has 0 aliphatic carbocycles. The van der Waals surface area contributed by atoms with Crippen LogP contribution < -0.4 is 11.1 Å². The lowest BCUT2D eigenvalue weighted by molar-refractivity contribution is 0.259. The zero-order valence-corrected chi connectivity index (χ0v) is 8.27. The van der Waals surface area contributed by atoms with Crippen LogP contribution in [0, 0.1) is 13.8 Å². The van der Waals surface area contributed by atoms with Crippen molar-refractivity contribution < 1.29 is 4.79 Å². The van der Waals surface area contributed by atoms with Crippen LogP contribution in [0.4, 0.5) is 10.5 Å². The van der Waals surface area contributed by atoms with Gasteiger partial charge in [-0.2, -0.15) is 0 Å². The summed E-state index contributed by atoms with van der Waals surface area (Å²) in [6.45, 7) is 3.73. The molecule has 1 aromatic carbocycles. The highest BCUT2D eigenvalue weighted by Crippen LogP contribution is 2.24. The fourth-order valence-corrected chi connectivity index (χ4v) is 1.56. The van der Waals surface area contributed by atoms with E-state index >= 15 is 0 Å². The van der Waals surface area contributed by atoms with Gasteiger partial charge >= 0.3 is 6.03 Å². The zero-order chi connectivity index (χ0) is 10.0. The molecule has 0 aromatic heterocycles. The first-order chi connectivity index (χ1) is 6.00. The van der Waals surface area contributed by atoms with Gasteiger partial charge in [-0.1, -0.05) is 11.6 Å². The topological polar surface area (TPSA) is 55.1 Å². The quantitative estimate of drug-likeness (QED) is 0.716. The van der Waals surface area contributed by atoms with E-state index in [1.54, 1.807) is 12.1 Å². The summed E-state index contributed by atoms with van der Waals surface area (Å²) in [6.07, 6.45) is 0. The van der Waals surface area contributed by atoms with Crippen molar-refractivity contribution in [2.24, 2.45) is 5.73 Å². The number of carbonyl (C=O) groups excluding carboxylic acids is 1. The first kappa shape index (κ1) is 9.86. The molecule has 3 N–H and O–H groups in total. The SMILES string of the molecule is Cc1cc(Cl)cc(C)c1NC(N)=O. The molecule has 0 heterocycles. The Labute approximate surface area is 81.9 Å². The molecule has 4 heteroatoms. The number of rotatable bonds is 1. The predicted octanol–water partition coefficient (Wildman–Crippen LogP) is 2.45. The Bertz CT molecular complexity index is 326. The Morgan fingerprint density at radius 2 is 1.85 bits per heavy atom. The number of urea groups is 1. The summed E-state index contributed by atoms with van der Waals surface area (Å²) in [5.74, 6) is 0. The molecule has 0 unspecified atom stereocenters. The molecule has 0 bridgehead atoms. The first-order valence-electron chi connectivity index (χ1n) is 3.84. The van der Waals surface area contributed by atoms with Gasteiger partial charge in [-0.05, 0) is 37.1 Å². The number of benzene rings is 1. The van der Waals surface area contributed by atoms with E-state index in [0.717, 1.165) is 16.8 Å². The van der Waals surface area contributed by atoms with Crippen molar-refractivity contribution in [2.45, 2.75) is 13.8 Å². The second kappa shape index (κ2) is 3.66. The molecular formula is C9H11ClN2O. The summed E-state index contributed by atoms with van der Waals surface area (Å²) in [4.78, 5) is 10.6. The lowest BCUT2D eigenvalue weighted by Crippen LogP contribution is -2.20. The number of aryl methyl sites for hydroxylation is 2. The van der Waals surface area contributed by atoms with E-state index in [0.29, 0.717) is 5.02 Å². The summed E-state index contributed by atoms with van der Waals surface area (Å²) >= 11 is 5.81. The van der Waals surface area contributed by atoms with Crippen molar-refractivity contribution in [3.63, 3.8) is 0 Å². The molecule has 1 aromatic rings. The molecule has 0 saturated carbocycles. The highest BCUT2D eigenvalue weighted by molar-refractivity contribution is 6.30. The molecule has 0 atom stereocenters. The fraction of sp³-hybridized carbons (Fsp3) is 0.222. The number of nitrogens with one attached hydrogen (secondary N) is 1. The van der Waals surface area contributed by atoms with E-state index < -0.39 is 6.03 Å². The van der Waals surface area contributed by atoms with Gasteiger partial charge < -0.3 is 11.1 Å². The maximum atomic E-state index is 10.6. The van der Waals surface area contributed by atoms with Gasteiger partial charge in [-0.15, -0.1) is 0 Å². The van der Waals surface area contributed by atoms with Crippen molar-refractivity contribution >= 4 is 23.3 Å². The first-order valence-corrected chi connectivity index (χ1v) is 4.21. The van der Waals surface area contributed by atoms with Crippen molar-refractivity contribution in [3.8, 4) is 0 Å². The summed E-state index contributed by atoms with van der Waals surface area (Å²) in [6, 6.07) is 2.99. The van der Waals surface area contributed by atoms with Crippen molar-refractivity contribution in [1.82, 2.24) is 0 Å². The van der Waals surface area contributed by atoms with Crippen molar-refractivity contribution in [2.75, 3.05) is 5.32 Å². The van der Waals surface area contributed by atoms with E-state index in [4.69, 9.17) is 17.3 Å². The summed E-state index contributed by atoms with van der Waals surface area (Å²) in [7, 11) is 0. The van der Waals surface area contributed by atoms with Gasteiger partial charge in [0.15, 0.2) is 0 Å². The molecule has 70 valence electrons. The van der Waals surface area contributed by atoms with Crippen molar-refractivity contribution in [1.29, 1.82) is 0 Å². The molecule has 0 spiro atoms. The van der Waals surface area contributed by atoms with Crippen LogP contribution in [0.25, 0.3) is 0 Å². The van der Waals surface area contributed by atoms with Crippen LogP contribution >= 0.6 is 11.6 Å². The van der Waals surface area contributed by atoms with Gasteiger partial charge in [-0.3, -0.25) is 0 Å². The minimum Gasteiger partial charge on any atom is -0.351 e. The summed E-state index contributed by atoms with van der Waals surface area (Å²) in [5.41, 5.74) is 7.56. The van der Waals surface area contributed by atoms with Crippen LogP contribution in [0.3, 0.4) is 0 Å². The molecule has 2 amide bonds. The number of hydrogen-bond acceptors (Lipinski definition) is 1. The van der Waals surface area contributed by atoms with Gasteiger partial charge in [0, 0.05) is 10.7 Å². The second-order valence-corrected chi connectivity index (χ2v) is 3.34. The maximum Gasteiger partial charge on any atom is 0.316 e. The normalized spacial score (nSPS) is 9.77. The summed E-state index contributed by atoms with van der Waals surface area (Å²) in [5, 5.41) is 3.21. The Balaban J connectivity index is 3.13. The highest BCUT2D eigenvalue weighted by Gasteiger charge is 2.05. The van der Waals surface area contributed by atoms with Gasteiger partial charge in [-0.25, -0.2) is 4.79 Å². The summed E-state index contributed by atoms with van der Waals surface area (Å²) < 4.78 is 0.